The molecule has 0 radical (unpaired) electrons. The maximum Gasteiger partial charge on any atom is 0.191 e. The van der Waals surface area contributed by atoms with Crippen LogP contribution in [-0.2, 0) is 13.1 Å². The molecule has 0 bridgehead atoms. The molecule has 2 heterocycles. The number of hydrogen-bond acceptors (Lipinski definition) is 4. The highest BCUT2D eigenvalue weighted by atomic mass is 32.1. The number of piperidine rings is 1. The summed E-state index contributed by atoms with van der Waals surface area (Å²) in [6.45, 7) is 14.4. The van der Waals surface area contributed by atoms with E-state index in [-0.39, 0.29) is 0 Å². The van der Waals surface area contributed by atoms with Crippen molar-refractivity contribution in [3.63, 3.8) is 0 Å². The molecule has 3 rings (SSSR count). The van der Waals surface area contributed by atoms with Crippen LogP contribution in [0.5, 0.6) is 0 Å². The topological polar surface area (TPSA) is 52.6 Å². The predicted octanol–water partition coefficient (Wildman–Crippen LogP) is 4.04. The molecule has 0 spiro atoms. The Balaban J connectivity index is 1.45. The highest BCUT2D eigenvalue weighted by molar-refractivity contribution is 7.09. The Bertz CT molecular complexity index is 805. The monoisotopic (exact) mass is 413 g/mol. The van der Waals surface area contributed by atoms with Crippen molar-refractivity contribution in [2.75, 3.05) is 26.2 Å². The molecular formula is C23H35N5S. The molecule has 0 unspecified atom stereocenters. The Kier molecular flexibility index (Phi) is 8.07. The van der Waals surface area contributed by atoms with Gasteiger partial charge in [0.05, 0.1) is 17.2 Å². The highest BCUT2D eigenvalue weighted by Crippen LogP contribution is 2.19. The van der Waals surface area contributed by atoms with Gasteiger partial charge in [-0.05, 0) is 70.7 Å². The Morgan fingerprint density at radius 3 is 2.66 bits per heavy atom. The van der Waals surface area contributed by atoms with Crippen molar-refractivity contribution in [2.45, 2.75) is 53.6 Å². The second-order valence-corrected chi connectivity index (χ2v) is 9.15. The van der Waals surface area contributed by atoms with Crippen LogP contribution in [0.25, 0.3) is 0 Å². The summed E-state index contributed by atoms with van der Waals surface area (Å²) in [5.41, 5.74) is 5.12. The molecule has 1 aromatic carbocycles. The Morgan fingerprint density at radius 2 is 2.00 bits per heavy atom. The summed E-state index contributed by atoms with van der Waals surface area (Å²) < 4.78 is 0. The van der Waals surface area contributed by atoms with Gasteiger partial charge in [-0.1, -0.05) is 23.8 Å². The lowest BCUT2D eigenvalue weighted by molar-refractivity contribution is 0.176. The standard InChI is InChI=1S/C23H35N5S/c1-5-24-23(26-14-21-7-6-17(2)12-18(21)3)25-13-20-8-10-28(11-9-20)15-22-16-29-19(4)27-22/h6-7,12,16,20H,5,8-11,13-15H2,1-4H3,(H2,24,25,26). The van der Waals surface area contributed by atoms with Gasteiger partial charge in [0, 0.05) is 25.0 Å². The summed E-state index contributed by atoms with van der Waals surface area (Å²) >= 11 is 1.75. The van der Waals surface area contributed by atoms with E-state index in [1.54, 1.807) is 11.3 Å². The van der Waals surface area contributed by atoms with Crippen LogP contribution >= 0.6 is 11.3 Å². The van der Waals surface area contributed by atoms with Gasteiger partial charge in [0.2, 0.25) is 0 Å². The molecule has 29 heavy (non-hydrogen) atoms. The van der Waals surface area contributed by atoms with Crippen molar-refractivity contribution < 1.29 is 0 Å². The predicted molar refractivity (Wildman–Crippen MR) is 124 cm³/mol. The molecule has 158 valence electrons. The molecule has 1 fully saturated rings. The number of guanidine groups is 1. The smallest absolute Gasteiger partial charge is 0.191 e. The zero-order valence-corrected chi connectivity index (χ0v) is 19.1. The van der Waals surface area contributed by atoms with E-state index in [2.05, 4.69) is 71.8 Å². The van der Waals surface area contributed by atoms with Crippen LogP contribution in [0, 0.1) is 26.7 Å². The molecule has 0 saturated carbocycles. The van der Waals surface area contributed by atoms with Crippen LogP contribution in [0.3, 0.4) is 0 Å². The van der Waals surface area contributed by atoms with Gasteiger partial charge in [-0.2, -0.15) is 0 Å². The van der Waals surface area contributed by atoms with Gasteiger partial charge < -0.3 is 10.6 Å². The van der Waals surface area contributed by atoms with Crippen molar-refractivity contribution in [1.29, 1.82) is 0 Å². The fourth-order valence-electron chi connectivity index (χ4n) is 3.83. The average molecular weight is 414 g/mol. The van der Waals surface area contributed by atoms with Gasteiger partial charge in [-0.25, -0.2) is 9.98 Å². The summed E-state index contributed by atoms with van der Waals surface area (Å²) in [6, 6.07) is 6.59. The van der Waals surface area contributed by atoms with E-state index in [1.807, 2.05) is 0 Å². The minimum absolute atomic E-state index is 0.702. The normalized spacial score (nSPS) is 16.2. The fourth-order valence-corrected chi connectivity index (χ4v) is 4.43. The summed E-state index contributed by atoms with van der Waals surface area (Å²) in [4.78, 5) is 11.9. The highest BCUT2D eigenvalue weighted by Gasteiger charge is 2.20. The van der Waals surface area contributed by atoms with Gasteiger partial charge in [0.25, 0.3) is 0 Å². The maximum atomic E-state index is 4.81. The van der Waals surface area contributed by atoms with Crippen LogP contribution < -0.4 is 10.6 Å². The Morgan fingerprint density at radius 1 is 1.21 bits per heavy atom. The number of nitrogens with zero attached hydrogens (tertiary/aromatic N) is 3. The van der Waals surface area contributed by atoms with Crippen LogP contribution in [0.2, 0.25) is 0 Å². The lowest BCUT2D eigenvalue weighted by Crippen LogP contribution is -2.42. The zero-order chi connectivity index (χ0) is 20.6. The number of benzene rings is 1. The molecule has 0 aliphatic carbocycles. The molecule has 2 aromatic rings. The molecule has 1 aromatic heterocycles. The van der Waals surface area contributed by atoms with Crippen molar-refractivity contribution in [3.05, 3.63) is 51.0 Å². The molecule has 1 aliphatic heterocycles. The molecule has 6 heteroatoms. The fraction of sp³-hybridized carbons (Fsp3) is 0.565. The number of aliphatic imine (C=N–C) groups is 1. The van der Waals surface area contributed by atoms with Gasteiger partial charge in [0.1, 0.15) is 0 Å². The van der Waals surface area contributed by atoms with E-state index in [9.17, 15) is 0 Å². The molecule has 5 nitrogen and oxygen atoms in total. The van der Waals surface area contributed by atoms with Crippen molar-refractivity contribution in [3.8, 4) is 0 Å². The summed E-state index contributed by atoms with van der Waals surface area (Å²) in [6.07, 6.45) is 2.46. The number of hydrogen-bond donors (Lipinski definition) is 2. The van der Waals surface area contributed by atoms with E-state index in [0.29, 0.717) is 12.5 Å². The first-order valence-electron chi connectivity index (χ1n) is 10.7. The summed E-state index contributed by atoms with van der Waals surface area (Å²) in [5.74, 6) is 1.63. The molecular weight excluding hydrogens is 378 g/mol. The minimum atomic E-state index is 0.702. The van der Waals surface area contributed by atoms with Crippen molar-refractivity contribution >= 4 is 17.3 Å². The zero-order valence-electron chi connectivity index (χ0n) is 18.3. The SMILES string of the molecule is CCNC(=NCc1ccc(C)cc1C)NCC1CCN(Cc2csc(C)n2)CC1. The van der Waals surface area contributed by atoms with Crippen LogP contribution in [0.15, 0.2) is 28.6 Å². The third kappa shape index (κ3) is 6.82. The third-order valence-corrected chi connectivity index (χ3v) is 6.39. The van der Waals surface area contributed by atoms with E-state index in [1.165, 1.54) is 35.2 Å². The third-order valence-electron chi connectivity index (χ3n) is 5.57. The number of nitrogens with one attached hydrogen (secondary N) is 2. The molecule has 0 amide bonds. The maximum absolute atomic E-state index is 4.81. The minimum Gasteiger partial charge on any atom is -0.357 e. The summed E-state index contributed by atoms with van der Waals surface area (Å²) in [5, 5.41) is 10.3. The van der Waals surface area contributed by atoms with E-state index >= 15 is 0 Å². The first-order valence-corrected chi connectivity index (χ1v) is 11.6. The first-order chi connectivity index (χ1) is 14.0. The first kappa shape index (κ1) is 21.8. The number of thiazole rings is 1. The van der Waals surface area contributed by atoms with Gasteiger partial charge in [-0.3, -0.25) is 4.90 Å². The largest absolute Gasteiger partial charge is 0.357 e. The molecule has 0 atom stereocenters. The number of aromatic nitrogens is 1. The molecule has 1 aliphatic rings. The summed E-state index contributed by atoms with van der Waals surface area (Å²) in [7, 11) is 0. The van der Waals surface area contributed by atoms with Gasteiger partial charge in [0.15, 0.2) is 5.96 Å². The second-order valence-electron chi connectivity index (χ2n) is 8.08. The average Bonchev–Trinajstić information content (AvgIpc) is 3.11. The van der Waals surface area contributed by atoms with Crippen LogP contribution in [-0.4, -0.2) is 42.0 Å². The van der Waals surface area contributed by atoms with Crippen LogP contribution in [0.4, 0.5) is 0 Å². The Hall–Kier alpha value is -1.92. The van der Waals surface area contributed by atoms with Crippen molar-refractivity contribution in [1.82, 2.24) is 20.5 Å². The van der Waals surface area contributed by atoms with Gasteiger partial charge in [-0.15, -0.1) is 11.3 Å². The lowest BCUT2D eigenvalue weighted by atomic mass is 9.97. The number of rotatable bonds is 7. The second kappa shape index (κ2) is 10.7. The quantitative estimate of drug-likeness (QED) is 0.531. The van der Waals surface area contributed by atoms with Crippen molar-refractivity contribution in [2.24, 2.45) is 10.9 Å². The van der Waals surface area contributed by atoms with E-state index in [0.717, 1.165) is 43.7 Å². The van der Waals surface area contributed by atoms with Gasteiger partial charge >= 0.3 is 0 Å². The lowest BCUT2D eigenvalue weighted by Gasteiger charge is -2.31. The van der Waals surface area contributed by atoms with Crippen LogP contribution in [0.1, 0.15) is 47.2 Å². The Labute approximate surface area is 179 Å². The number of likely N-dealkylation sites (tertiary alicyclic amines) is 1. The van der Waals surface area contributed by atoms with E-state index in [4.69, 9.17) is 4.99 Å². The van der Waals surface area contributed by atoms with E-state index < -0.39 is 0 Å². The number of aryl methyl sites for hydroxylation is 3. The molecule has 2 N–H and O–H groups in total. The molecule has 1 saturated heterocycles.